The molecule has 0 bridgehead atoms. The summed E-state index contributed by atoms with van der Waals surface area (Å²) in [5.74, 6) is 1.85. The number of benzene rings is 1. The Bertz CT molecular complexity index is 369. The Morgan fingerprint density at radius 2 is 2.00 bits per heavy atom. The molecule has 1 heteroatoms. The topological polar surface area (TPSA) is 9.23 Å². The van der Waals surface area contributed by atoms with E-state index < -0.39 is 0 Å². The number of rotatable bonds is 2. The minimum atomic E-state index is 0.905. The first-order valence-electron chi connectivity index (χ1n) is 6.11. The average molecular weight is 216 g/mol. The fourth-order valence-electron chi connectivity index (χ4n) is 2.24. The van der Waals surface area contributed by atoms with Crippen molar-refractivity contribution in [2.24, 2.45) is 5.92 Å². The molecule has 0 saturated heterocycles. The minimum Gasteiger partial charge on any atom is -0.497 e. The second-order valence-electron chi connectivity index (χ2n) is 4.76. The van der Waals surface area contributed by atoms with E-state index >= 15 is 0 Å². The van der Waals surface area contributed by atoms with Crippen molar-refractivity contribution >= 4 is 6.08 Å². The summed E-state index contributed by atoms with van der Waals surface area (Å²) in [6.07, 6.45) is 7.54. The van der Waals surface area contributed by atoms with Crippen molar-refractivity contribution in [2.75, 3.05) is 7.11 Å². The molecule has 0 aromatic heterocycles. The molecule has 0 amide bonds. The summed E-state index contributed by atoms with van der Waals surface area (Å²) in [5, 5.41) is 0. The van der Waals surface area contributed by atoms with E-state index in [1.165, 1.54) is 31.2 Å². The van der Waals surface area contributed by atoms with Gasteiger partial charge in [-0.2, -0.15) is 0 Å². The highest BCUT2D eigenvalue weighted by atomic mass is 16.5. The summed E-state index contributed by atoms with van der Waals surface area (Å²) in [6.45, 7) is 2.35. The number of ether oxygens (including phenoxy) is 1. The van der Waals surface area contributed by atoms with E-state index in [2.05, 4.69) is 31.2 Å². The third-order valence-corrected chi connectivity index (χ3v) is 3.38. The van der Waals surface area contributed by atoms with Gasteiger partial charge in [0.2, 0.25) is 0 Å². The van der Waals surface area contributed by atoms with Gasteiger partial charge in [0.15, 0.2) is 0 Å². The van der Waals surface area contributed by atoms with Crippen LogP contribution < -0.4 is 4.74 Å². The quantitative estimate of drug-likeness (QED) is 0.716. The lowest BCUT2D eigenvalue weighted by atomic mass is 9.86. The van der Waals surface area contributed by atoms with Gasteiger partial charge in [0, 0.05) is 0 Å². The summed E-state index contributed by atoms with van der Waals surface area (Å²) in [7, 11) is 1.72. The van der Waals surface area contributed by atoms with Gasteiger partial charge in [-0.3, -0.25) is 0 Å². The highest BCUT2D eigenvalue weighted by Gasteiger charge is 2.11. The first-order valence-corrected chi connectivity index (χ1v) is 6.11. The standard InChI is InChI=1S/C15H20O/c1-12-6-8-13(9-7-12)10-14-4-3-5-15(11-14)16-2/h3-5,10-12H,6-9H2,1-2H3. The molecule has 2 rings (SSSR count). The maximum atomic E-state index is 5.23. The Kier molecular flexibility index (Phi) is 3.66. The normalized spacial score (nSPS) is 20.6. The Hall–Kier alpha value is -1.24. The molecule has 1 aromatic rings. The fraction of sp³-hybridized carbons (Fsp3) is 0.467. The van der Waals surface area contributed by atoms with E-state index in [-0.39, 0.29) is 0 Å². The first-order chi connectivity index (χ1) is 7.78. The van der Waals surface area contributed by atoms with E-state index in [0.29, 0.717) is 0 Å². The molecule has 1 aliphatic rings. The molecule has 0 atom stereocenters. The Labute approximate surface area is 98.1 Å². The van der Waals surface area contributed by atoms with Crippen molar-refractivity contribution in [3.63, 3.8) is 0 Å². The molecule has 1 aliphatic carbocycles. The summed E-state index contributed by atoms with van der Waals surface area (Å²) in [5.41, 5.74) is 2.86. The van der Waals surface area contributed by atoms with Gasteiger partial charge in [-0.15, -0.1) is 0 Å². The van der Waals surface area contributed by atoms with Crippen molar-refractivity contribution in [3.8, 4) is 5.75 Å². The van der Waals surface area contributed by atoms with Crippen LogP contribution in [0.2, 0.25) is 0 Å². The van der Waals surface area contributed by atoms with Crippen molar-refractivity contribution in [1.29, 1.82) is 0 Å². The van der Waals surface area contributed by atoms with Crippen molar-refractivity contribution in [1.82, 2.24) is 0 Å². The molecule has 0 spiro atoms. The number of methoxy groups -OCH3 is 1. The van der Waals surface area contributed by atoms with Crippen LogP contribution in [0, 0.1) is 5.92 Å². The van der Waals surface area contributed by atoms with E-state index in [4.69, 9.17) is 4.74 Å². The summed E-state index contributed by atoms with van der Waals surface area (Å²) < 4.78 is 5.23. The Balaban J connectivity index is 2.09. The molecule has 0 heterocycles. The number of allylic oxidation sites excluding steroid dienone is 1. The van der Waals surface area contributed by atoms with Gasteiger partial charge in [0.05, 0.1) is 7.11 Å². The summed E-state index contributed by atoms with van der Waals surface area (Å²) in [6, 6.07) is 8.29. The van der Waals surface area contributed by atoms with Crippen molar-refractivity contribution < 1.29 is 4.74 Å². The zero-order chi connectivity index (χ0) is 11.4. The van der Waals surface area contributed by atoms with Gasteiger partial charge in [0.25, 0.3) is 0 Å². The molecule has 0 aliphatic heterocycles. The fourth-order valence-corrected chi connectivity index (χ4v) is 2.24. The SMILES string of the molecule is COc1cccc(C=C2CCC(C)CC2)c1. The molecule has 0 unspecified atom stereocenters. The van der Waals surface area contributed by atoms with Gasteiger partial charge in [-0.05, 0) is 49.3 Å². The van der Waals surface area contributed by atoms with Gasteiger partial charge < -0.3 is 4.74 Å². The predicted molar refractivity (Wildman–Crippen MR) is 68.6 cm³/mol. The third kappa shape index (κ3) is 2.88. The largest absolute Gasteiger partial charge is 0.497 e. The molecule has 16 heavy (non-hydrogen) atoms. The molecule has 1 saturated carbocycles. The second-order valence-corrected chi connectivity index (χ2v) is 4.76. The van der Waals surface area contributed by atoms with E-state index in [1.807, 2.05) is 6.07 Å². The minimum absolute atomic E-state index is 0.905. The molecule has 1 fully saturated rings. The third-order valence-electron chi connectivity index (χ3n) is 3.38. The number of hydrogen-bond acceptors (Lipinski definition) is 1. The highest BCUT2D eigenvalue weighted by Crippen LogP contribution is 2.29. The molecule has 1 nitrogen and oxygen atoms in total. The average Bonchev–Trinajstić information content (AvgIpc) is 2.32. The molecule has 1 aromatic carbocycles. The van der Waals surface area contributed by atoms with Crippen molar-refractivity contribution in [2.45, 2.75) is 32.6 Å². The summed E-state index contributed by atoms with van der Waals surface area (Å²) in [4.78, 5) is 0. The Morgan fingerprint density at radius 3 is 2.69 bits per heavy atom. The van der Waals surface area contributed by atoms with Gasteiger partial charge in [0.1, 0.15) is 5.75 Å². The van der Waals surface area contributed by atoms with Crippen LogP contribution in [0.4, 0.5) is 0 Å². The van der Waals surface area contributed by atoms with E-state index in [1.54, 1.807) is 12.7 Å². The molecular formula is C15H20O. The van der Waals surface area contributed by atoms with Crippen molar-refractivity contribution in [3.05, 3.63) is 35.4 Å². The zero-order valence-corrected chi connectivity index (χ0v) is 10.2. The highest BCUT2D eigenvalue weighted by molar-refractivity contribution is 5.55. The summed E-state index contributed by atoms with van der Waals surface area (Å²) >= 11 is 0. The van der Waals surface area contributed by atoms with E-state index in [0.717, 1.165) is 11.7 Å². The van der Waals surface area contributed by atoms with E-state index in [9.17, 15) is 0 Å². The van der Waals surface area contributed by atoms with Gasteiger partial charge >= 0.3 is 0 Å². The maximum absolute atomic E-state index is 5.23. The van der Waals surface area contributed by atoms with Crippen LogP contribution in [-0.2, 0) is 0 Å². The second kappa shape index (κ2) is 5.20. The molecular weight excluding hydrogens is 196 g/mol. The van der Waals surface area contributed by atoms with Crippen LogP contribution in [0.1, 0.15) is 38.2 Å². The van der Waals surface area contributed by atoms with Crippen LogP contribution in [0.15, 0.2) is 29.8 Å². The molecule has 0 radical (unpaired) electrons. The first kappa shape index (κ1) is 11.3. The van der Waals surface area contributed by atoms with Crippen LogP contribution >= 0.6 is 0 Å². The van der Waals surface area contributed by atoms with Crippen LogP contribution in [0.5, 0.6) is 5.75 Å². The van der Waals surface area contributed by atoms with Gasteiger partial charge in [-0.1, -0.05) is 30.7 Å². The molecule has 86 valence electrons. The Morgan fingerprint density at radius 1 is 1.25 bits per heavy atom. The monoisotopic (exact) mass is 216 g/mol. The lowest BCUT2D eigenvalue weighted by Crippen LogP contribution is -2.03. The van der Waals surface area contributed by atoms with Crippen LogP contribution in [0.25, 0.3) is 6.08 Å². The molecule has 0 N–H and O–H groups in total. The maximum Gasteiger partial charge on any atom is 0.119 e. The lowest BCUT2D eigenvalue weighted by molar-refractivity contribution is 0.414. The van der Waals surface area contributed by atoms with Gasteiger partial charge in [-0.25, -0.2) is 0 Å². The lowest BCUT2D eigenvalue weighted by Gasteiger charge is -2.20. The predicted octanol–water partition coefficient (Wildman–Crippen LogP) is 4.29. The zero-order valence-electron chi connectivity index (χ0n) is 10.2. The van der Waals surface area contributed by atoms with Crippen LogP contribution in [0.3, 0.4) is 0 Å². The number of hydrogen-bond donors (Lipinski definition) is 0. The van der Waals surface area contributed by atoms with Crippen LogP contribution in [-0.4, -0.2) is 7.11 Å². The smallest absolute Gasteiger partial charge is 0.119 e.